The summed E-state index contributed by atoms with van der Waals surface area (Å²) in [6, 6.07) is 11.3. The van der Waals surface area contributed by atoms with Crippen LogP contribution in [-0.2, 0) is 11.2 Å². The molecule has 1 aromatic heterocycles. The van der Waals surface area contributed by atoms with E-state index in [1.807, 2.05) is 6.08 Å². The van der Waals surface area contributed by atoms with Crippen molar-refractivity contribution in [2.75, 3.05) is 6.61 Å². The largest absolute Gasteiger partial charge is 0.482 e. The number of hydrogen-bond donors (Lipinski definition) is 2. The Hall–Kier alpha value is -3.41. The molecule has 4 rings (SSSR count). The lowest BCUT2D eigenvalue weighted by Gasteiger charge is -2.14. The Morgan fingerprint density at radius 3 is 2.70 bits per heavy atom. The van der Waals surface area contributed by atoms with Gasteiger partial charge in [-0.1, -0.05) is 12.1 Å². The Balaban J connectivity index is 1.62. The number of benzene rings is 2. The molecule has 5 nitrogen and oxygen atoms in total. The fraction of sp³-hybridized carbons (Fsp3) is 0.143. The fourth-order valence-electron chi connectivity index (χ4n) is 3.34. The molecule has 0 spiro atoms. The van der Waals surface area contributed by atoms with E-state index in [1.165, 1.54) is 12.1 Å². The monoisotopic (exact) mass is 365 g/mol. The molecule has 0 fully saturated rings. The van der Waals surface area contributed by atoms with Gasteiger partial charge in [0, 0.05) is 22.2 Å². The number of H-pyrrole nitrogens is 1. The number of hydrogen-bond acceptors (Lipinski definition) is 3. The molecule has 27 heavy (non-hydrogen) atoms. The molecule has 0 unspecified atom stereocenters. The van der Waals surface area contributed by atoms with Gasteiger partial charge in [0.1, 0.15) is 11.6 Å². The number of carbonyl (C=O) groups excluding carboxylic acids is 1. The third-order valence-corrected chi connectivity index (χ3v) is 4.58. The predicted octanol–water partition coefficient (Wildman–Crippen LogP) is 3.98. The van der Waals surface area contributed by atoms with E-state index in [-0.39, 0.29) is 11.6 Å². The molecule has 2 aromatic carbocycles. The standard InChI is InChI=1S/C21H16FNO4/c22-14-4-8-17-16(10-14)20-18(23-17)7-3-13(21(20)26)9-12-1-5-15(6-2-12)27-11-19(24)25/h1-2,4-6,8-10,23H,3,7,11H2,(H,24,25)/b13-9+. The van der Waals surface area contributed by atoms with Crippen molar-refractivity contribution >= 4 is 28.7 Å². The summed E-state index contributed by atoms with van der Waals surface area (Å²) >= 11 is 0. The molecule has 136 valence electrons. The number of aliphatic carboxylic acids is 1. The first-order valence-electron chi connectivity index (χ1n) is 8.51. The minimum atomic E-state index is -1.04. The number of Topliss-reactive ketones (excluding diaryl/α,β-unsaturated/α-hetero) is 1. The minimum absolute atomic E-state index is 0.0979. The number of aryl methyl sites for hydroxylation is 1. The summed E-state index contributed by atoms with van der Waals surface area (Å²) in [5.74, 6) is -1.06. The highest BCUT2D eigenvalue weighted by molar-refractivity contribution is 6.19. The molecule has 0 aliphatic heterocycles. The number of halogens is 1. The first kappa shape index (κ1) is 17.0. The van der Waals surface area contributed by atoms with Crippen molar-refractivity contribution in [1.82, 2.24) is 4.98 Å². The molecular formula is C21H16FNO4. The Kier molecular flexibility index (Phi) is 4.24. The number of nitrogens with one attached hydrogen (secondary N) is 1. The maximum absolute atomic E-state index is 13.6. The number of carboxylic acids is 1. The van der Waals surface area contributed by atoms with Crippen LogP contribution in [0.5, 0.6) is 5.75 Å². The van der Waals surface area contributed by atoms with Crippen molar-refractivity contribution in [3.05, 3.63) is 70.7 Å². The maximum atomic E-state index is 13.6. The van der Waals surface area contributed by atoms with Gasteiger partial charge < -0.3 is 14.8 Å². The molecule has 0 radical (unpaired) electrons. The molecule has 0 atom stereocenters. The SMILES string of the molecule is O=C(O)COc1ccc(/C=C2\CCc3[nH]c4ccc(F)cc4c3C2=O)cc1. The van der Waals surface area contributed by atoms with Crippen LogP contribution in [0.15, 0.2) is 48.0 Å². The van der Waals surface area contributed by atoms with Crippen molar-refractivity contribution in [2.24, 2.45) is 0 Å². The highest BCUT2D eigenvalue weighted by atomic mass is 19.1. The van der Waals surface area contributed by atoms with E-state index in [2.05, 4.69) is 4.98 Å². The first-order chi connectivity index (χ1) is 13.0. The normalized spacial score (nSPS) is 15.1. The average molecular weight is 365 g/mol. The van der Waals surface area contributed by atoms with E-state index in [4.69, 9.17) is 9.84 Å². The van der Waals surface area contributed by atoms with Gasteiger partial charge >= 0.3 is 5.97 Å². The van der Waals surface area contributed by atoms with Gasteiger partial charge in [-0.2, -0.15) is 0 Å². The number of carboxylic acid groups (broad SMARTS) is 1. The average Bonchev–Trinajstić information content (AvgIpc) is 3.02. The van der Waals surface area contributed by atoms with Crippen LogP contribution in [0.1, 0.15) is 28.0 Å². The summed E-state index contributed by atoms with van der Waals surface area (Å²) in [5, 5.41) is 9.24. The van der Waals surface area contributed by atoms with Crippen LogP contribution in [0.25, 0.3) is 17.0 Å². The number of fused-ring (bicyclic) bond motifs is 3. The zero-order chi connectivity index (χ0) is 19.0. The van der Waals surface area contributed by atoms with Crippen molar-refractivity contribution < 1.29 is 23.8 Å². The number of ether oxygens (including phenoxy) is 1. The lowest BCUT2D eigenvalue weighted by Crippen LogP contribution is -2.13. The number of aromatic nitrogens is 1. The molecule has 6 heteroatoms. The lowest BCUT2D eigenvalue weighted by atomic mass is 9.88. The summed E-state index contributed by atoms with van der Waals surface area (Å²) < 4.78 is 18.7. The maximum Gasteiger partial charge on any atom is 0.341 e. The van der Waals surface area contributed by atoms with Crippen molar-refractivity contribution in [1.29, 1.82) is 0 Å². The molecule has 0 amide bonds. The zero-order valence-corrected chi connectivity index (χ0v) is 14.3. The third-order valence-electron chi connectivity index (χ3n) is 4.58. The van der Waals surface area contributed by atoms with Crippen LogP contribution >= 0.6 is 0 Å². The predicted molar refractivity (Wildman–Crippen MR) is 98.5 cm³/mol. The Morgan fingerprint density at radius 1 is 1.19 bits per heavy atom. The van der Waals surface area contributed by atoms with Crippen LogP contribution in [0.3, 0.4) is 0 Å². The highest BCUT2D eigenvalue weighted by Crippen LogP contribution is 2.32. The number of rotatable bonds is 4. The quantitative estimate of drug-likeness (QED) is 0.686. The van der Waals surface area contributed by atoms with Gasteiger partial charge in [-0.05, 0) is 54.8 Å². The van der Waals surface area contributed by atoms with Gasteiger partial charge in [-0.25, -0.2) is 9.18 Å². The summed E-state index contributed by atoms with van der Waals surface area (Å²) in [7, 11) is 0. The minimum Gasteiger partial charge on any atom is -0.482 e. The van der Waals surface area contributed by atoms with Crippen molar-refractivity contribution in [3.8, 4) is 5.75 Å². The van der Waals surface area contributed by atoms with Crippen LogP contribution in [-0.4, -0.2) is 28.4 Å². The van der Waals surface area contributed by atoms with Crippen molar-refractivity contribution in [2.45, 2.75) is 12.8 Å². The Bertz CT molecular complexity index is 1080. The first-order valence-corrected chi connectivity index (χ1v) is 8.51. The van der Waals surface area contributed by atoms with E-state index >= 15 is 0 Å². The molecule has 3 aromatic rings. The van der Waals surface area contributed by atoms with Gasteiger partial charge in [0.25, 0.3) is 0 Å². The number of carbonyl (C=O) groups is 2. The lowest BCUT2D eigenvalue weighted by molar-refractivity contribution is -0.139. The molecule has 1 aliphatic carbocycles. The number of aromatic amines is 1. The van der Waals surface area contributed by atoms with E-state index < -0.39 is 12.6 Å². The topological polar surface area (TPSA) is 79.4 Å². The van der Waals surface area contributed by atoms with Gasteiger partial charge in [-0.15, -0.1) is 0 Å². The summed E-state index contributed by atoms with van der Waals surface area (Å²) in [6.45, 7) is -0.404. The second kappa shape index (κ2) is 6.72. The fourth-order valence-corrected chi connectivity index (χ4v) is 3.34. The van der Waals surface area contributed by atoms with Crippen LogP contribution in [0, 0.1) is 5.82 Å². The van der Waals surface area contributed by atoms with Crippen LogP contribution in [0.4, 0.5) is 4.39 Å². The van der Waals surface area contributed by atoms with E-state index in [9.17, 15) is 14.0 Å². The molecule has 0 bridgehead atoms. The Morgan fingerprint density at radius 2 is 1.96 bits per heavy atom. The van der Waals surface area contributed by atoms with E-state index in [1.54, 1.807) is 30.3 Å². The molecular weight excluding hydrogens is 349 g/mol. The van der Waals surface area contributed by atoms with Gasteiger partial charge in [0.2, 0.25) is 0 Å². The second-order valence-electron chi connectivity index (χ2n) is 6.42. The van der Waals surface area contributed by atoms with Crippen LogP contribution in [0.2, 0.25) is 0 Å². The molecule has 0 saturated carbocycles. The van der Waals surface area contributed by atoms with Crippen LogP contribution < -0.4 is 4.74 Å². The number of allylic oxidation sites excluding steroid dienone is 1. The van der Waals surface area contributed by atoms with Gasteiger partial charge in [-0.3, -0.25) is 4.79 Å². The summed E-state index contributed by atoms with van der Waals surface area (Å²) in [5.41, 5.74) is 3.62. The number of ketones is 1. The van der Waals surface area contributed by atoms with Crippen molar-refractivity contribution in [3.63, 3.8) is 0 Å². The molecule has 1 aliphatic rings. The highest BCUT2D eigenvalue weighted by Gasteiger charge is 2.26. The molecule has 0 saturated heterocycles. The smallest absolute Gasteiger partial charge is 0.341 e. The molecule has 1 heterocycles. The van der Waals surface area contributed by atoms with Gasteiger partial charge in [0.15, 0.2) is 12.4 Å². The zero-order valence-electron chi connectivity index (χ0n) is 14.3. The van der Waals surface area contributed by atoms with E-state index in [0.717, 1.165) is 16.8 Å². The Labute approximate surface area is 154 Å². The summed E-state index contributed by atoms with van der Waals surface area (Å²) in [4.78, 5) is 26.7. The second-order valence-corrected chi connectivity index (χ2v) is 6.42. The molecule has 2 N–H and O–H groups in total. The third kappa shape index (κ3) is 3.33. The summed E-state index contributed by atoms with van der Waals surface area (Å²) in [6.07, 6.45) is 3.09. The van der Waals surface area contributed by atoms with Gasteiger partial charge in [0.05, 0.1) is 5.56 Å². The van der Waals surface area contributed by atoms with E-state index in [0.29, 0.717) is 35.1 Å².